The van der Waals surface area contributed by atoms with E-state index in [0.29, 0.717) is 5.56 Å². The highest BCUT2D eigenvalue weighted by molar-refractivity contribution is 7.16. The second-order valence-corrected chi connectivity index (χ2v) is 4.58. The number of aryl methyl sites for hydroxylation is 1. The molecule has 0 spiro atoms. The molecule has 2 rings (SSSR count). The molecule has 0 amide bonds. The third kappa shape index (κ3) is 1.39. The Morgan fingerprint density at radius 3 is 2.79 bits per heavy atom. The molecule has 0 atom stereocenters. The van der Waals surface area contributed by atoms with Gasteiger partial charge in [-0.3, -0.25) is 0 Å². The van der Waals surface area contributed by atoms with Crippen molar-refractivity contribution in [1.82, 2.24) is 0 Å². The Morgan fingerprint density at radius 1 is 1.43 bits per heavy atom. The maximum absolute atomic E-state index is 11.1. The van der Waals surface area contributed by atoms with Crippen LogP contribution in [0.3, 0.4) is 0 Å². The molecule has 1 heterocycles. The zero-order chi connectivity index (χ0) is 10.1. The number of aromatic carboxylic acids is 1. The Hall–Kier alpha value is -1.03. The van der Waals surface area contributed by atoms with Crippen LogP contribution < -0.4 is 5.32 Å². The fraction of sp³-hybridized carbons (Fsp3) is 0.500. The number of hydrogen-bond acceptors (Lipinski definition) is 3. The van der Waals surface area contributed by atoms with Crippen molar-refractivity contribution in [1.29, 1.82) is 0 Å². The minimum atomic E-state index is -0.797. The zero-order valence-electron chi connectivity index (χ0n) is 8.09. The minimum Gasteiger partial charge on any atom is -0.478 e. The summed E-state index contributed by atoms with van der Waals surface area (Å²) in [7, 11) is 1.78. The summed E-state index contributed by atoms with van der Waals surface area (Å²) < 4.78 is 0. The highest BCUT2D eigenvalue weighted by atomic mass is 32.1. The van der Waals surface area contributed by atoms with Crippen molar-refractivity contribution in [3.63, 3.8) is 0 Å². The molecule has 1 aromatic heterocycles. The molecule has 1 aromatic rings. The quantitative estimate of drug-likeness (QED) is 0.789. The van der Waals surface area contributed by atoms with Gasteiger partial charge in [0.15, 0.2) is 0 Å². The Morgan fingerprint density at radius 2 is 2.14 bits per heavy atom. The maximum atomic E-state index is 11.1. The molecule has 14 heavy (non-hydrogen) atoms. The second-order valence-electron chi connectivity index (χ2n) is 3.47. The molecule has 1 aliphatic carbocycles. The molecule has 0 aliphatic heterocycles. The van der Waals surface area contributed by atoms with Gasteiger partial charge in [0.1, 0.15) is 5.00 Å². The molecule has 3 nitrogen and oxygen atoms in total. The second kappa shape index (κ2) is 3.61. The predicted molar refractivity (Wildman–Crippen MR) is 57.5 cm³/mol. The Balaban J connectivity index is 2.53. The zero-order valence-corrected chi connectivity index (χ0v) is 8.91. The number of carboxylic acids is 1. The van der Waals surface area contributed by atoms with E-state index in [4.69, 9.17) is 5.11 Å². The summed E-state index contributed by atoms with van der Waals surface area (Å²) in [6.07, 6.45) is 4.28. The summed E-state index contributed by atoms with van der Waals surface area (Å²) >= 11 is 1.60. The molecule has 0 fully saturated rings. The molecule has 0 radical (unpaired) electrons. The normalized spacial score (nSPS) is 14.9. The molecule has 0 saturated heterocycles. The summed E-state index contributed by atoms with van der Waals surface area (Å²) in [6.45, 7) is 0. The smallest absolute Gasteiger partial charge is 0.338 e. The van der Waals surface area contributed by atoms with Crippen molar-refractivity contribution in [3.8, 4) is 0 Å². The lowest BCUT2D eigenvalue weighted by molar-refractivity contribution is 0.0697. The van der Waals surface area contributed by atoms with Crippen LogP contribution in [0.25, 0.3) is 0 Å². The van der Waals surface area contributed by atoms with Crippen LogP contribution in [0.1, 0.15) is 33.6 Å². The van der Waals surface area contributed by atoms with E-state index >= 15 is 0 Å². The molecule has 2 N–H and O–H groups in total. The van der Waals surface area contributed by atoms with Crippen LogP contribution >= 0.6 is 11.3 Å². The highest BCUT2D eigenvalue weighted by Crippen LogP contribution is 2.37. The van der Waals surface area contributed by atoms with Gasteiger partial charge in [-0.15, -0.1) is 11.3 Å². The number of rotatable bonds is 2. The number of hydrogen-bond donors (Lipinski definition) is 2. The first-order chi connectivity index (χ1) is 6.74. The average Bonchev–Trinajstić information content (AvgIpc) is 2.55. The summed E-state index contributed by atoms with van der Waals surface area (Å²) in [6, 6.07) is 0. The standard InChI is InChI=1S/C10H13NO2S/c1-11-9-8(10(12)13)6-4-2-3-5-7(6)14-9/h11H,2-5H2,1H3,(H,12,13). The van der Waals surface area contributed by atoms with Crippen LogP contribution in [0.4, 0.5) is 5.00 Å². The number of fused-ring (bicyclic) bond motifs is 1. The third-order valence-electron chi connectivity index (χ3n) is 2.61. The van der Waals surface area contributed by atoms with Crippen LogP contribution in [0, 0.1) is 0 Å². The van der Waals surface area contributed by atoms with Gasteiger partial charge in [0.25, 0.3) is 0 Å². The first-order valence-electron chi connectivity index (χ1n) is 4.79. The van der Waals surface area contributed by atoms with Gasteiger partial charge in [-0.05, 0) is 31.2 Å². The van der Waals surface area contributed by atoms with Crippen molar-refractivity contribution < 1.29 is 9.90 Å². The monoisotopic (exact) mass is 211 g/mol. The van der Waals surface area contributed by atoms with E-state index in [1.807, 2.05) is 0 Å². The summed E-state index contributed by atoms with van der Waals surface area (Å²) in [5.74, 6) is -0.797. The van der Waals surface area contributed by atoms with Gasteiger partial charge in [-0.25, -0.2) is 4.79 Å². The van der Waals surface area contributed by atoms with E-state index in [1.165, 1.54) is 11.3 Å². The maximum Gasteiger partial charge on any atom is 0.338 e. The predicted octanol–water partition coefficient (Wildman–Crippen LogP) is 2.37. The van der Waals surface area contributed by atoms with Crippen molar-refractivity contribution in [2.75, 3.05) is 12.4 Å². The van der Waals surface area contributed by atoms with Crippen molar-refractivity contribution in [2.45, 2.75) is 25.7 Å². The van der Waals surface area contributed by atoms with Gasteiger partial charge in [0.2, 0.25) is 0 Å². The summed E-state index contributed by atoms with van der Waals surface area (Å²) in [5, 5.41) is 12.9. The van der Waals surface area contributed by atoms with Gasteiger partial charge < -0.3 is 10.4 Å². The van der Waals surface area contributed by atoms with E-state index < -0.39 is 5.97 Å². The fourth-order valence-electron chi connectivity index (χ4n) is 1.97. The van der Waals surface area contributed by atoms with Gasteiger partial charge in [-0.2, -0.15) is 0 Å². The highest BCUT2D eigenvalue weighted by Gasteiger charge is 2.24. The molecule has 0 unspecified atom stereocenters. The summed E-state index contributed by atoms with van der Waals surface area (Å²) in [4.78, 5) is 12.3. The van der Waals surface area contributed by atoms with Crippen LogP contribution in [-0.4, -0.2) is 18.1 Å². The lowest BCUT2D eigenvalue weighted by Gasteiger charge is -2.10. The largest absolute Gasteiger partial charge is 0.478 e. The van der Waals surface area contributed by atoms with Crippen LogP contribution in [0.15, 0.2) is 0 Å². The molecule has 1 aliphatic rings. The molecular formula is C10H13NO2S. The Bertz CT molecular complexity index is 370. The van der Waals surface area contributed by atoms with E-state index in [2.05, 4.69) is 5.32 Å². The molecule has 4 heteroatoms. The Labute approximate surface area is 86.8 Å². The topological polar surface area (TPSA) is 49.3 Å². The van der Waals surface area contributed by atoms with Gasteiger partial charge >= 0.3 is 5.97 Å². The van der Waals surface area contributed by atoms with Gasteiger partial charge in [0.05, 0.1) is 5.56 Å². The van der Waals surface area contributed by atoms with Gasteiger partial charge in [-0.1, -0.05) is 0 Å². The van der Waals surface area contributed by atoms with Crippen LogP contribution in [-0.2, 0) is 12.8 Å². The molecule has 0 bridgehead atoms. The first-order valence-corrected chi connectivity index (χ1v) is 5.61. The summed E-state index contributed by atoms with van der Waals surface area (Å²) in [5.41, 5.74) is 1.57. The lowest BCUT2D eigenvalue weighted by Crippen LogP contribution is -2.06. The lowest BCUT2D eigenvalue weighted by atomic mass is 9.95. The fourth-order valence-corrected chi connectivity index (χ4v) is 3.20. The number of carboxylic acid groups (broad SMARTS) is 1. The molecular weight excluding hydrogens is 198 g/mol. The minimum absolute atomic E-state index is 0.507. The number of carbonyl (C=O) groups is 1. The number of nitrogens with one attached hydrogen (secondary N) is 1. The van der Waals surface area contributed by atoms with E-state index in [1.54, 1.807) is 18.4 Å². The third-order valence-corrected chi connectivity index (χ3v) is 3.92. The Kier molecular flexibility index (Phi) is 2.46. The average molecular weight is 211 g/mol. The number of thiophene rings is 1. The van der Waals surface area contributed by atoms with Crippen molar-refractivity contribution in [3.05, 3.63) is 16.0 Å². The SMILES string of the molecule is CNc1sc2c(c1C(=O)O)CCCC2. The molecule has 0 aromatic carbocycles. The first kappa shape index (κ1) is 9.52. The van der Waals surface area contributed by atoms with Gasteiger partial charge in [0, 0.05) is 11.9 Å². The van der Waals surface area contributed by atoms with Crippen LogP contribution in [0.2, 0.25) is 0 Å². The van der Waals surface area contributed by atoms with Crippen molar-refractivity contribution in [2.24, 2.45) is 0 Å². The van der Waals surface area contributed by atoms with Crippen LogP contribution in [0.5, 0.6) is 0 Å². The van der Waals surface area contributed by atoms with E-state index in [9.17, 15) is 4.79 Å². The van der Waals surface area contributed by atoms with E-state index in [-0.39, 0.29) is 0 Å². The van der Waals surface area contributed by atoms with E-state index in [0.717, 1.165) is 29.8 Å². The number of anilines is 1. The molecule has 0 saturated carbocycles. The van der Waals surface area contributed by atoms with Crippen molar-refractivity contribution >= 4 is 22.3 Å². The molecule has 76 valence electrons.